The summed E-state index contributed by atoms with van der Waals surface area (Å²) < 4.78 is 59.4. The first-order valence-corrected chi connectivity index (χ1v) is 11.6. The van der Waals surface area contributed by atoms with E-state index in [4.69, 9.17) is 4.74 Å². The molecule has 1 aliphatic heterocycles. The molecule has 2 aromatic carbocycles. The van der Waals surface area contributed by atoms with Crippen LogP contribution in [0, 0.1) is 11.6 Å². The number of nitrogens with one attached hydrogen (secondary N) is 3. The summed E-state index contributed by atoms with van der Waals surface area (Å²) in [6.45, 7) is -0.304. The summed E-state index contributed by atoms with van der Waals surface area (Å²) in [5, 5.41) is 15.0. The van der Waals surface area contributed by atoms with E-state index in [1.807, 2.05) is 0 Å². The normalized spacial score (nSPS) is 21.2. The predicted molar refractivity (Wildman–Crippen MR) is 114 cm³/mol. The molecule has 8 nitrogen and oxygen atoms in total. The van der Waals surface area contributed by atoms with Crippen LogP contribution in [0.5, 0.6) is 0 Å². The predicted octanol–water partition coefficient (Wildman–Crippen LogP) is 2.36. The van der Waals surface area contributed by atoms with Crippen molar-refractivity contribution in [3.05, 3.63) is 60.2 Å². The molecule has 0 aromatic heterocycles. The molecule has 0 radical (unpaired) electrons. The van der Waals surface area contributed by atoms with Gasteiger partial charge in [0.05, 0.1) is 18.8 Å². The molecule has 174 valence electrons. The van der Waals surface area contributed by atoms with Gasteiger partial charge in [-0.05, 0) is 55.7 Å². The van der Waals surface area contributed by atoms with Crippen molar-refractivity contribution < 1.29 is 31.8 Å². The Kier molecular flexibility index (Phi) is 8.13. The van der Waals surface area contributed by atoms with Gasteiger partial charge >= 0.3 is 6.03 Å². The summed E-state index contributed by atoms with van der Waals surface area (Å²) >= 11 is 0. The Labute approximate surface area is 185 Å². The summed E-state index contributed by atoms with van der Waals surface area (Å²) in [4.78, 5) is 11.8. The number of amides is 2. The molecule has 1 fully saturated rings. The third-order valence-corrected chi connectivity index (χ3v) is 6.59. The number of carbonyl (C=O) groups is 1. The highest BCUT2D eigenvalue weighted by molar-refractivity contribution is 7.89. The summed E-state index contributed by atoms with van der Waals surface area (Å²) in [5.41, 5.74) is 0.418. The first-order valence-electron chi connectivity index (χ1n) is 10.1. The quantitative estimate of drug-likeness (QED) is 0.474. The Balaban J connectivity index is 1.47. The number of carbonyl (C=O) groups excluding carboxylic acids is 1. The van der Waals surface area contributed by atoms with Gasteiger partial charge in [0.2, 0.25) is 10.0 Å². The average molecular weight is 470 g/mol. The van der Waals surface area contributed by atoms with Crippen molar-refractivity contribution in [2.45, 2.75) is 42.4 Å². The second-order valence-electron chi connectivity index (χ2n) is 7.39. The van der Waals surface area contributed by atoms with Crippen LogP contribution in [0.4, 0.5) is 19.3 Å². The lowest BCUT2D eigenvalue weighted by atomic mass is 9.97. The van der Waals surface area contributed by atoms with Crippen LogP contribution < -0.4 is 15.4 Å². The van der Waals surface area contributed by atoms with Gasteiger partial charge in [0.15, 0.2) is 0 Å². The van der Waals surface area contributed by atoms with Gasteiger partial charge in [-0.1, -0.05) is 12.1 Å². The summed E-state index contributed by atoms with van der Waals surface area (Å²) in [5.74, 6) is -1.25. The number of aliphatic hydroxyl groups excluding tert-OH is 1. The van der Waals surface area contributed by atoms with Crippen LogP contribution in [-0.4, -0.2) is 51.0 Å². The van der Waals surface area contributed by atoms with Gasteiger partial charge in [0, 0.05) is 12.2 Å². The Morgan fingerprint density at radius 2 is 1.81 bits per heavy atom. The molecule has 2 amide bonds. The van der Waals surface area contributed by atoms with E-state index < -0.39 is 44.7 Å². The molecule has 0 spiro atoms. The van der Waals surface area contributed by atoms with Gasteiger partial charge in [0.1, 0.15) is 22.6 Å². The highest BCUT2D eigenvalue weighted by Crippen LogP contribution is 2.22. The molecular weight excluding hydrogens is 444 g/mol. The van der Waals surface area contributed by atoms with Crippen LogP contribution in [0.2, 0.25) is 0 Å². The molecular formula is C21H25F2N3O5S. The third kappa shape index (κ3) is 6.45. The molecule has 0 unspecified atom stereocenters. The first-order chi connectivity index (χ1) is 15.3. The zero-order valence-electron chi connectivity index (χ0n) is 17.1. The number of halogens is 2. The van der Waals surface area contributed by atoms with E-state index in [0.29, 0.717) is 24.9 Å². The van der Waals surface area contributed by atoms with Crippen molar-refractivity contribution in [3.8, 4) is 0 Å². The number of rotatable bonds is 8. The van der Waals surface area contributed by atoms with Crippen molar-refractivity contribution in [2.75, 3.05) is 18.5 Å². The standard InChI is InChI=1S/C21H25F2N3O5S/c22-14-5-7-15(8-6-14)25-21(28)26-18-10-9-16(31-19(18)13-27)11-12-24-32(29,30)20-4-2-1-3-17(20)23/h1-8,16,18-19,24,27H,9-13H2,(H2,25,26,28)/t16-,18+,19+/m1/s1. The Morgan fingerprint density at radius 3 is 2.50 bits per heavy atom. The minimum absolute atomic E-state index is 0.0304. The van der Waals surface area contributed by atoms with Crippen LogP contribution in [-0.2, 0) is 14.8 Å². The van der Waals surface area contributed by atoms with E-state index in [1.165, 1.54) is 42.5 Å². The van der Waals surface area contributed by atoms with E-state index in [2.05, 4.69) is 15.4 Å². The number of sulfonamides is 1. The molecule has 1 saturated heterocycles. The van der Waals surface area contributed by atoms with Gasteiger partial charge < -0.3 is 20.5 Å². The number of hydrogen-bond donors (Lipinski definition) is 4. The van der Waals surface area contributed by atoms with Gasteiger partial charge in [0.25, 0.3) is 0 Å². The number of hydrogen-bond acceptors (Lipinski definition) is 5. The van der Waals surface area contributed by atoms with Gasteiger partial charge in [-0.3, -0.25) is 0 Å². The maximum absolute atomic E-state index is 13.7. The largest absolute Gasteiger partial charge is 0.394 e. The molecule has 32 heavy (non-hydrogen) atoms. The Hall–Kier alpha value is -2.60. The van der Waals surface area contributed by atoms with E-state index in [1.54, 1.807) is 0 Å². The van der Waals surface area contributed by atoms with E-state index in [9.17, 15) is 27.1 Å². The lowest BCUT2D eigenvalue weighted by Crippen LogP contribution is -2.52. The molecule has 0 bridgehead atoms. The maximum atomic E-state index is 13.7. The number of aliphatic hydroxyl groups is 1. The van der Waals surface area contributed by atoms with Crippen molar-refractivity contribution in [3.63, 3.8) is 0 Å². The summed E-state index contributed by atoms with van der Waals surface area (Å²) in [6, 6.07) is 9.43. The topological polar surface area (TPSA) is 117 Å². The van der Waals surface area contributed by atoms with Crippen LogP contribution in [0.15, 0.2) is 53.4 Å². The van der Waals surface area contributed by atoms with Crippen LogP contribution >= 0.6 is 0 Å². The highest BCUT2D eigenvalue weighted by atomic mass is 32.2. The highest BCUT2D eigenvalue weighted by Gasteiger charge is 2.32. The lowest BCUT2D eigenvalue weighted by molar-refractivity contribution is -0.0884. The monoisotopic (exact) mass is 469 g/mol. The molecule has 3 rings (SSSR count). The summed E-state index contributed by atoms with van der Waals surface area (Å²) in [7, 11) is -3.99. The minimum Gasteiger partial charge on any atom is -0.394 e. The number of urea groups is 1. The smallest absolute Gasteiger partial charge is 0.319 e. The van der Waals surface area contributed by atoms with Crippen LogP contribution in [0.1, 0.15) is 19.3 Å². The second-order valence-corrected chi connectivity index (χ2v) is 9.12. The Bertz CT molecular complexity index is 1020. The van der Waals surface area contributed by atoms with E-state index in [-0.39, 0.29) is 19.3 Å². The molecule has 0 saturated carbocycles. The van der Waals surface area contributed by atoms with E-state index >= 15 is 0 Å². The van der Waals surface area contributed by atoms with E-state index in [0.717, 1.165) is 6.07 Å². The molecule has 0 aliphatic carbocycles. The molecule has 4 N–H and O–H groups in total. The molecule has 1 heterocycles. The Morgan fingerprint density at radius 1 is 1.09 bits per heavy atom. The molecule has 3 atom stereocenters. The first kappa shape index (κ1) is 24.1. The van der Waals surface area contributed by atoms with Gasteiger partial charge in [-0.25, -0.2) is 26.7 Å². The van der Waals surface area contributed by atoms with Crippen LogP contribution in [0.3, 0.4) is 0 Å². The van der Waals surface area contributed by atoms with Crippen molar-refractivity contribution in [2.24, 2.45) is 0 Å². The maximum Gasteiger partial charge on any atom is 0.319 e. The SMILES string of the molecule is O=C(Nc1ccc(F)cc1)N[C@H]1CC[C@H](CCNS(=O)(=O)c2ccccc2F)O[C@H]1CO. The number of ether oxygens (including phenoxy) is 1. The van der Waals surface area contributed by atoms with Crippen LogP contribution in [0.25, 0.3) is 0 Å². The number of benzene rings is 2. The van der Waals surface area contributed by atoms with Crippen molar-refractivity contribution in [1.29, 1.82) is 0 Å². The van der Waals surface area contributed by atoms with Gasteiger partial charge in [-0.2, -0.15) is 0 Å². The summed E-state index contributed by atoms with van der Waals surface area (Å²) in [6.07, 6.45) is 0.342. The molecule has 11 heteroatoms. The fraction of sp³-hybridized carbons (Fsp3) is 0.381. The van der Waals surface area contributed by atoms with Gasteiger partial charge in [-0.15, -0.1) is 0 Å². The van der Waals surface area contributed by atoms with Crippen molar-refractivity contribution >= 4 is 21.7 Å². The number of anilines is 1. The molecule has 1 aliphatic rings. The third-order valence-electron chi connectivity index (χ3n) is 5.10. The average Bonchev–Trinajstić information content (AvgIpc) is 2.76. The lowest BCUT2D eigenvalue weighted by Gasteiger charge is -2.36. The van der Waals surface area contributed by atoms with Crippen molar-refractivity contribution in [1.82, 2.24) is 10.0 Å². The molecule has 2 aromatic rings. The second kappa shape index (κ2) is 10.8. The zero-order chi connectivity index (χ0) is 23.1. The zero-order valence-corrected chi connectivity index (χ0v) is 17.9. The minimum atomic E-state index is -3.99. The fourth-order valence-electron chi connectivity index (χ4n) is 3.47. The fourth-order valence-corrected chi connectivity index (χ4v) is 4.60.